The second-order valence-corrected chi connectivity index (χ2v) is 4.51. The number of amides is 2. The molecule has 1 atom stereocenters. The smallest absolute Gasteiger partial charge is 0.291 e. The Morgan fingerprint density at radius 3 is 2.29 bits per heavy atom. The Balaban J connectivity index is 1.96. The average molecular weight is 287 g/mol. The number of hydrogen-bond donors (Lipinski definition) is 3. The molecule has 0 aliphatic rings. The maximum Gasteiger partial charge on any atom is 0.291 e. The van der Waals surface area contributed by atoms with Crippen LogP contribution < -0.4 is 16.4 Å². The van der Waals surface area contributed by atoms with E-state index >= 15 is 0 Å². The van der Waals surface area contributed by atoms with Crippen LogP contribution in [0.2, 0.25) is 0 Å². The molecule has 2 aromatic rings. The lowest BCUT2D eigenvalue weighted by Crippen LogP contribution is -2.34. The summed E-state index contributed by atoms with van der Waals surface area (Å²) in [6, 6.07) is 9.46. The van der Waals surface area contributed by atoms with E-state index in [0.29, 0.717) is 17.8 Å². The highest BCUT2D eigenvalue weighted by Gasteiger charge is 2.11. The molecule has 0 unspecified atom stereocenters. The standard InChI is InChI=1S/C15H17N3O3/c1-2-12(16)14(19)17-10-5-7-11(8-6-10)18-15(20)13-4-3-9-21-13/h3-9,12H,2,16H2,1H3,(H,17,19)(H,18,20)/t12-/m1/s1. The first kappa shape index (κ1) is 14.8. The quantitative estimate of drug-likeness (QED) is 0.785. The summed E-state index contributed by atoms with van der Waals surface area (Å²) in [6.07, 6.45) is 2.01. The summed E-state index contributed by atoms with van der Waals surface area (Å²) < 4.78 is 5.00. The van der Waals surface area contributed by atoms with E-state index in [1.165, 1.54) is 6.26 Å². The molecule has 1 aromatic heterocycles. The monoisotopic (exact) mass is 287 g/mol. The summed E-state index contributed by atoms with van der Waals surface area (Å²) in [7, 11) is 0. The predicted molar refractivity (Wildman–Crippen MR) is 80.0 cm³/mol. The molecule has 110 valence electrons. The Morgan fingerprint density at radius 1 is 1.14 bits per heavy atom. The summed E-state index contributed by atoms with van der Waals surface area (Å²) in [4.78, 5) is 23.4. The molecular weight excluding hydrogens is 270 g/mol. The van der Waals surface area contributed by atoms with Crippen LogP contribution in [0, 0.1) is 0 Å². The van der Waals surface area contributed by atoms with Crippen LogP contribution in [0.25, 0.3) is 0 Å². The van der Waals surface area contributed by atoms with Gasteiger partial charge in [0.15, 0.2) is 5.76 Å². The molecule has 21 heavy (non-hydrogen) atoms. The van der Waals surface area contributed by atoms with Crippen molar-refractivity contribution in [3.8, 4) is 0 Å². The molecule has 1 heterocycles. The zero-order valence-corrected chi connectivity index (χ0v) is 11.6. The molecule has 6 nitrogen and oxygen atoms in total. The van der Waals surface area contributed by atoms with Crippen molar-refractivity contribution in [3.63, 3.8) is 0 Å². The topological polar surface area (TPSA) is 97.4 Å². The fraction of sp³-hybridized carbons (Fsp3) is 0.200. The number of furan rings is 1. The normalized spacial score (nSPS) is 11.7. The minimum absolute atomic E-state index is 0.232. The highest BCUT2D eigenvalue weighted by molar-refractivity contribution is 6.02. The van der Waals surface area contributed by atoms with Gasteiger partial charge in [-0.05, 0) is 42.8 Å². The van der Waals surface area contributed by atoms with Crippen molar-refractivity contribution in [1.82, 2.24) is 0 Å². The number of hydrogen-bond acceptors (Lipinski definition) is 4. The molecule has 0 saturated carbocycles. The third kappa shape index (κ3) is 3.93. The van der Waals surface area contributed by atoms with Gasteiger partial charge < -0.3 is 20.8 Å². The second-order valence-electron chi connectivity index (χ2n) is 4.51. The number of carbonyl (C=O) groups excluding carboxylic acids is 2. The number of nitrogens with one attached hydrogen (secondary N) is 2. The van der Waals surface area contributed by atoms with Crippen molar-refractivity contribution in [2.75, 3.05) is 10.6 Å². The molecule has 0 fully saturated rings. The first-order valence-electron chi connectivity index (χ1n) is 6.61. The van der Waals surface area contributed by atoms with Crippen molar-refractivity contribution in [2.45, 2.75) is 19.4 Å². The lowest BCUT2D eigenvalue weighted by molar-refractivity contribution is -0.117. The molecule has 4 N–H and O–H groups in total. The Morgan fingerprint density at radius 2 is 1.76 bits per heavy atom. The van der Waals surface area contributed by atoms with Crippen molar-refractivity contribution < 1.29 is 14.0 Å². The number of carbonyl (C=O) groups is 2. The van der Waals surface area contributed by atoms with Gasteiger partial charge in [0.25, 0.3) is 5.91 Å². The lowest BCUT2D eigenvalue weighted by Gasteiger charge is -2.10. The summed E-state index contributed by atoms with van der Waals surface area (Å²) >= 11 is 0. The van der Waals surface area contributed by atoms with E-state index in [1.807, 2.05) is 6.92 Å². The molecule has 0 saturated heterocycles. The first-order valence-corrected chi connectivity index (χ1v) is 6.61. The third-order valence-corrected chi connectivity index (χ3v) is 2.93. The van der Waals surface area contributed by atoms with Gasteiger partial charge in [-0.25, -0.2) is 0 Å². The summed E-state index contributed by atoms with van der Waals surface area (Å²) in [5.41, 5.74) is 6.87. The molecule has 2 amide bonds. The van der Waals surface area contributed by atoms with E-state index < -0.39 is 6.04 Å². The van der Waals surface area contributed by atoms with Gasteiger partial charge in [-0.2, -0.15) is 0 Å². The maximum atomic E-state index is 11.8. The van der Waals surface area contributed by atoms with E-state index in [-0.39, 0.29) is 17.6 Å². The predicted octanol–water partition coefficient (Wildman–Crippen LogP) is 2.21. The Bertz CT molecular complexity index is 606. The van der Waals surface area contributed by atoms with Crippen LogP contribution in [-0.4, -0.2) is 17.9 Å². The summed E-state index contributed by atoms with van der Waals surface area (Å²) in [6.45, 7) is 1.84. The fourth-order valence-corrected chi connectivity index (χ4v) is 1.66. The molecule has 6 heteroatoms. The number of nitrogens with two attached hydrogens (primary N) is 1. The largest absolute Gasteiger partial charge is 0.459 e. The molecule has 0 aliphatic heterocycles. The Hall–Kier alpha value is -2.60. The van der Waals surface area contributed by atoms with Crippen molar-refractivity contribution in [3.05, 3.63) is 48.4 Å². The van der Waals surface area contributed by atoms with Crippen LogP contribution in [0.1, 0.15) is 23.9 Å². The van der Waals surface area contributed by atoms with E-state index in [4.69, 9.17) is 10.2 Å². The zero-order chi connectivity index (χ0) is 15.2. The van der Waals surface area contributed by atoms with Crippen LogP contribution in [0.3, 0.4) is 0 Å². The van der Waals surface area contributed by atoms with Gasteiger partial charge in [-0.15, -0.1) is 0 Å². The molecule has 0 aliphatic carbocycles. The minimum atomic E-state index is -0.525. The van der Waals surface area contributed by atoms with Gasteiger partial charge >= 0.3 is 0 Å². The third-order valence-electron chi connectivity index (χ3n) is 2.93. The highest BCUT2D eigenvalue weighted by Crippen LogP contribution is 2.15. The van der Waals surface area contributed by atoms with Crippen molar-refractivity contribution >= 4 is 23.2 Å². The lowest BCUT2D eigenvalue weighted by atomic mass is 10.2. The van der Waals surface area contributed by atoms with Crippen LogP contribution in [-0.2, 0) is 4.79 Å². The van der Waals surface area contributed by atoms with Gasteiger partial charge in [0, 0.05) is 11.4 Å². The van der Waals surface area contributed by atoms with E-state index in [1.54, 1.807) is 36.4 Å². The highest BCUT2D eigenvalue weighted by atomic mass is 16.3. The SMILES string of the molecule is CC[C@@H](N)C(=O)Nc1ccc(NC(=O)c2ccco2)cc1. The van der Waals surface area contributed by atoms with Crippen molar-refractivity contribution in [1.29, 1.82) is 0 Å². The summed E-state index contributed by atoms with van der Waals surface area (Å²) in [5, 5.41) is 5.39. The number of rotatable bonds is 5. The van der Waals surface area contributed by atoms with Crippen molar-refractivity contribution in [2.24, 2.45) is 5.73 Å². The van der Waals surface area contributed by atoms with Gasteiger partial charge in [0.2, 0.25) is 5.91 Å². The Labute approximate surface area is 122 Å². The minimum Gasteiger partial charge on any atom is -0.459 e. The van der Waals surface area contributed by atoms with Crippen LogP contribution in [0.5, 0.6) is 0 Å². The zero-order valence-electron chi connectivity index (χ0n) is 11.6. The van der Waals surface area contributed by atoms with E-state index in [0.717, 1.165) is 0 Å². The number of benzene rings is 1. The van der Waals surface area contributed by atoms with Crippen LogP contribution in [0.15, 0.2) is 47.1 Å². The van der Waals surface area contributed by atoms with Crippen LogP contribution in [0.4, 0.5) is 11.4 Å². The fourth-order valence-electron chi connectivity index (χ4n) is 1.66. The second kappa shape index (κ2) is 6.71. The van der Waals surface area contributed by atoms with E-state index in [9.17, 15) is 9.59 Å². The maximum absolute atomic E-state index is 11.8. The van der Waals surface area contributed by atoms with Gasteiger partial charge in [-0.3, -0.25) is 9.59 Å². The number of anilines is 2. The molecule has 0 spiro atoms. The summed E-state index contributed by atoms with van der Waals surface area (Å²) in [5.74, 6) is -0.323. The molecule has 1 aromatic carbocycles. The Kier molecular flexibility index (Phi) is 4.73. The molecule has 0 radical (unpaired) electrons. The van der Waals surface area contributed by atoms with E-state index in [2.05, 4.69) is 10.6 Å². The van der Waals surface area contributed by atoms with Gasteiger partial charge in [-0.1, -0.05) is 6.92 Å². The van der Waals surface area contributed by atoms with Gasteiger partial charge in [0.05, 0.1) is 12.3 Å². The first-order chi connectivity index (χ1) is 10.1. The molecule has 0 bridgehead atoms. The van der Waals surface area contributed by atoms with Gasteiger partial charge in [0.1, 0.15) is 0 Å². The van der Waals surface area contributed by atoms with Crippen LogP contribution >= 0.6 is 0 Å². The molecule has 2 rings (SSSR count). The molecular formula is C15H17N3O3. The average Bonchev–Trinajstić information content (AvgIpc) is 3.02.